The summed E-state index contributed by atoms with van der Waals surface area (Å²) in [6.07, 6.45) is -6.69. The maximum absolute atomic E-state index is 15.4. The number of carboxylic acids is 2. The lowest BCUT2D eigenvalue weighted by Crippen LogP contribution is -2.61. The fraction of sp³-hybridized carbons (Fsp3) is 0.478. The molecule has 0 bridgehead atoms. The zero-order chi connectivity index (χ0) is 99.2. The van der Waals surface area contributed by atoms with Crippen LogP contribution >= 0.6 is 11.8 Å². The van der Waals surface area contributed by atoms with Crippen LogP contribution in [0, 0.1) is 23.4 Å². The molecule has 3 heterocycles. The maximum Gasteiger partial charge on any atom is 0.305 e. The number of likely N-dealkylation sites (tertiary alicyclic amines) is 2. The topological polar surface area (TPSA) is 601 Å². The molecule has 13 amide bonds. The molecule has 21 N–H and O–H groups in total. The molecule has 2 unspecified atom stereocenters. The van der Waals surface area contributed by atoms with Crippen molar-refractivity contribution in [3.8, 4) is 5.75 Å². The Morgan fingerprint density at radius 3 is 1.73 bits per heavy atom. The summed E-state index contributed by atoms with van der Waals surface area (Å²) in [5.74, 6) is -22.7. The lowest BCUT2D eigenvalue weighted by atomic mass is 9.98. The molecule has 43 heteroatoms. The number of fused-ring (bicyclic) bond motifs is 1. The minimum Gasteiger partial charge on any atom is -0.508 e. The molecular formula is C92H120F3N17O22S. The highest BCUT2D eigenvalue weighted by atomic mass is 32.2. The van der Waals surface area contributed by atoms with Gasteiger partial charge in [-0.2, -0.15) is 0 Å². The molecule has 0 saturated carbocycles. The molecule has 0 spiro atoms. The molecule has 39 nitrogen and oxygen atoms in total. The number of nitrogens with two attached hydrogens (primary N) is 3. The zero-order valence-corrected chi connectivity index (χ0v) is 76.4. The second kappa shape index (κ2) is 51.5. The number of carbonyl (C=O) groups is 16. The first-order chi connectivity index (χ1) is 64.1. The fourth-order valence-electron chi connectivity index (χ4n) is 16.0. The number of hydrogen-bond donors (Lipinski definition) is 18. The quantitative estimate of drug-likeness (QED) is 0.0164. The molecule has 5 aromatic carbocycles. The van der Waals surface area contributed by atoms with Crippen LogP contribution in [-0.2, 0) is 109 Å². The number of aliphatic hydroxyl groups is 3. The van der Waals surface area contributed by atoms with Crippen LogP contribution in [0.1, 0.15) is 113 Å². The number of aromatic hydroxyl groups is 1. The molecule has 732 valence electrons. The number of unbranched alkanes of at least 4 members (excludes halogenated alkanes) is 1. The Kier molecular flexibility index (Phi) is 41.0. The van der Waals surface area contributed by atoms with Gasteiger partial charge in [0.25, 0.3) is 0 Å². The average Bonchev–Trinajstić information content (AvgIpc) is 1.77. The standard InChI is InChI=1S/C92H120F3N17O22S/c1-7-8-25-70(91(133)112-46-59(116)41-72(112)86(128)101-56(47-113)40-78(121)122)108(4)90(132)74(38-52-20-13-10-14-21-52)110(6)88(130)68(36-54-33-61(93)79(95)62(94)34-54)102-76(118)49-135-48-69(81(123)100-44-75(97)117)107-82(124)64(24-17-32-96)103-83(125)66(35-53-26-28-57(114)29-27-53)105-84(126)67(39-55-43-99-63-23-16-15-22-60(55)63)106-87(129)73-42-58(115)45-111(73)89(131)65(30-31-77(119)120)104-85(127)71(37-51-18-11-9-12-19-51)109(5)92(134)80(98)50(2)3/h9-16,18-23,26-29,33-34,43,47,50,56,58-59,64-74,80,91,99,114-116,133H,7-8,17,24-25,30-32,35-42,44-46,48-49,96,98H2,1-6H3,(H2,97,117)(H,100,123)(H,101,128)(H,102,118)(H,103,125)(H,104,127)(H,105,126)(H,106,129)(H,107,124)(H,119,120)(H,121,122)/t56-,58+,59-,64-,65-,66-,67-,68-,69-,70-,71?,72+,73+,74-,80-,91?/m0/s1. The number of aldehydes is 1. The van der Waals surface area contributed by atoms with Crippen molar-refractivity contribution in [2.45, 2.75) is 214 Å². The number of carboxylic acid groups (broad SMARTS) is 2. The number of H-pyrrole nitrogens is 1. The number of aliphatic hydroxyl groups excluding tert-OH is 3. The van der Waals surface area contributed by atoms with Crippen molar-refractivity contribution in [1.29, 1.82) is 0 Å². The van der Waals surface area contributed by atoms with Crippen LogP contribution in [0.15, 0.2) is 128 Å². The van der Waals surface area contributed by atoms with Crippen LogP contribution in [0.5, 0.6) is 5.75 Å². The molecule has 135 heavy (non-hydrogen) atoms. The smallest absolute Gasteiger partial charge is 0.305 e. The predicted molar refractivity (Wildman–Crippen MR) is 486 cm³/mol. The Hall–Kier alpha value is -12.9. The van der Waals surface area contributed by atoms with Gasteiger partial charge in [0.2, 0.25) is 76.8 Å². The van der Waals surface area contributed by atoms with Gasteiger partial charge in [0.15, 0.2) is 17.5 Å². The Morgan fingerprint density at radius 2 is 1.13 bits per heavy atom. The number of para-hydroxylation sites is 1. The summed E-state index contributed by atoms with van der Waals surface area (Å²) in [5.41, 5.74) is 19.7. The van der Waals surface area contributed by atoms with Crippen molar-refractivity contribution in [2.75, 3.05) is 58.8 Å². The zero-order valence-electron chi connectivity index (χ0n) is 75.6. The number of aliphatic carboxylic acids is 2. The third kappa shape index (κ3) is 31.1. The average molecular weight is 1910 g/mol. The van der Waals surface area contributed by atoms with Crippen LogP contribution in [0.4, 0.5) is 13.2 Å². The van der Waals surface area contributed by atoms with E-state index in [1.54, 1.807) is 105 Å². The minimum atomic E-state index is -1.88. The molecular weight excluding hydrogens is 1780 g/mol. The number of rotatable bonds is 52. The predicted octanol–water partition coefficient (Wildman–Crippen LogP) is -0.820. The molecule has 16 atom stereocenters. The number of thioether (sulfide) groups is 1. The Morgan fingerprint density at radius 1 is 0.578 bits per heavy atom. The number of aromatic nitrogens is 1. The summed E-state index contributed by atoms with van der Waals surface area (Å²) in [7, 11) is 3.85. The SMILES string of the molecule is CCCC[C@@H](C(O)N1C[C@@H](O)C[C@@H]1C(=O)N[C@H](C=O)CC(=O)O)N(C)C(=O)[C@H](Cc1ccccc1)N(C)C(=O)[C@H](Cc1cc(F)c(F)c(F)c1)NC(=O)CSC[C@H](NC(=O)[C@H](CCCN)NC(=O)[C@H](Cc1ccc(O)cc1)NC(=O)[C@H](Cc1c[nH]c2ccccc12)NC(=O)[C@H]1C[C@@H](O)CN1C(=O)[C@H](CCC(=O)O)NC(=O)C(Cc1ccccc1)N(C)C(=O)[C@@H](N)C(C)C)C(=O)NCC(N)=O. The first-order valence-corrected chi connectivity index (χ1v) is 45.3. The fourth-order valence-corrected chi connectivity index (χ4v) is 16.9. The van der Waals surface area contributed by atoms with E-state index in [1.807, 2.05) is 6.92 Å². The number of hydrogen-bond acceptors (Lipinski definition) is 24. The lowest BCUT2D eigenvalue weighted by molar-refractivity contribution is -0.152. The highest BCUT2D eigenvalue weighted by Gasteiger charge is 2.48. The second-order valence-corrected chi connectivity index (χ2v) is 35.0. The van der Waals surface area contributed by atoms with Crippen LogP contribution < -0.4 is 59.7 Å². The van der Waals surface area contributed by atoms with E-state index in [1.165, 1.54) is 50.3 Å². The molecule has 2 fully saturated rings. The van der Waals surface area contributed by atoms with E-state index < -0.39 is 266 Å². The highest BCUT2D eigenvalue weighted by molar-refractivity contribution is 8.00. The number of primary amides is 1. The third-order valence-corrected chi connectivity index (χ3v) is 24.6. The minimum absolute atomic E-state index is 0.00748. The monoisotopic (exact) mass is 1900 g/mol. The number of phenols is 1. The molecule has 8 rings (SSSR count). The highest BCUT2D eigenvalue weighted by Crippen LogP contribution is 2.30. The summed E-state index contributed by atoms with van der Waals surface area (Å²) in [4.78, 5) is 234. The van der Waals surface area contributed by atoms with Crippen LogP contribution in [-0.4, -0.2) is 311 Å². The number of likely N-dealkylation sites (N-methyl/N-ethyl adjacent to an activating group) is 3. The van der Waals surface area contributed by atoms with E-state index in [0.29, 0.717) is 69.9 Å². The first kappa shape index (κ1) is 107. The molecule has 2 saturated heterocycles. The number of phenolic OH excluding ortho intramolecular Hbond substituents is 1. The van der Waals surface area contributed by atoms with Crippen LogP contribution in [0.25, 0.3) is 10.9 Å². The van der Waals surface area contributed by atoms with Crippen molar-refractivity contribution in [3.05, 3.63) is 173 Å². The van der Waals surface area contributed by atoms with E-state index in [9.17, 15) is 83.0 Å². The van der Waals surface area contributed by atoms with Crippen LogP contribution in [0.3, 0.4) is 0 Å². The van der Waals surface area contributed by atoms with Crippen molar-refractivity contribution in [2.24, 2.45) is 23.1 Å². The number of benzene rings is 5. The van der Waals surface area contributed by atoms with Gasteiger partial charge in [-0.3, -0.25) is 76.8 Å². The van der Waals surface area contributed by atoms with Crippen molar-refractivity contribution in [1.82, 2.24) is 72.0 Å². The van der Waals surface area contributed by atoms with E-state index in [0.717, 1.165) is 19.6 Å². The number of nitrogens with zero attached hydrogens (tertiary/aromatic N) is 5. The van der Waals surface area contributed by atoms with Crippen molar-refractivity contribution >= 4 is 118 Å². The summed E-state index contributed by atoms with van der Waals surface area (Å²) in [6.45, 7) is 3.45. The van der Waals surface area contributed by atoms with Gasteiger partial charge in [-0.05, 0) is 103 Å². The Labute approximate surface area is 781 Å². The number of halogens is 3. The molecule has 2 aliphatic heterocycles. The van der Waals surface area contributed by atoms with Gasteiger partial charge in [-0.15, -0.1) is 11.8 Å². The number of amides is 13. The molecule has 6 aromatic rings. The van der Waals surface area contributed by atoms with E-state index in [2.05, 4.69) is 47.5 Å². The van der Waals surface area contributed by atoms with Gasteiger partial charge in [0, 0.05) is 102 Å². The molecule has 0 aliphatic carbocycles. The third-order valence-electron chi connectivity index (χ3n) is 23.6. The van der Waals surface area contributed by atoms with Gasteiger partial charge in [-0.25, -0.2) is 13.2 Å². The number of β-amino-alcohol motifs (C(OH)–C–C–N with tert-alkyl or cyclic N) is 2. The maximum atomic E-state index is 15.4. The van der Waals surface area contributed by atoms with E-state index in [-0.39, 0.29) is 81.6 Å². The van der Waals surface area contributed by atoms with Crippen LogP contribution in [0.2, 0.25) is 0 Å². The number of carbonyl (C=O) groups excluding carboxylic acids is 14. The molecule has 0 radical (unpaired) electrons. The van der Waals surface area contributed by atoms with Gasteiger partial charge in [0.05, 0.1) is 55.1 Å². The Bertz CT molecular complexity index is 5120. The van der Waals surface area contributed by atoms with Crippen molar-refractivity contribution in [3.63, 3.8) is 0 Å². The van der Waals surface area contributed by atoms with Gasteiger partial charge >= 0.3 is 11.9 Å². The summed E-state index contributed by atoms with van der Waals surface area (Å²) < 4.78 is 44.9. The van der Waals surface area contributed by atoms with Crippen molar-refractivity contribution < 1.29 is 121 Å². The molecule has 1 aromatic heterocycles. The van der Waals surface area contributed by atoms with E-state index >= 15 is 37.5 Å². The van der Waals surface area contributed by atoms with Gasteiger partial charge in [0.1, 0.15) is 72.6 Å². The number of nitrogens with one attached hydrogen (secondary N) is 9. The summed E-state index contributed by atoms with van der Waals surface area (Å²) in [6, 6.07) is 10.0. The Balaban J connectivity index is 1.05. The first-order valence-electron chi connectivity index (χ1n) is 44.2. The van der Waals surface area contributed by atoms with E-state index in [4.69, 9.17) is 17.2 Å². The summed E-state index contributed by atoms with van der Waals surface area (Å²) in [5, 5.41) is 85.1. The van der Waals surface area contributed by atoms with Gasteiger partial charge < -0.3 is 120 Å². The normalized spacial score (nSPS) is 17.5. The van der Waals surface area contributed by atoms with Gasteiger partial charge in [-0.1, -0.05) is 125 Å². The number of aromatic amines is 1. The molecule has 2 aliphatic rings. The largest absolute Gasteiger partial charge is 0.508 e. The lowest BCUT2D eigenvalue weighted by Gasteiger charge is -2.41. The summed E-state index contributed by atoms with van der Waals surface area (Å²) >= 11 is 0.630. The second-order valence-electron chi connectivity index (χ2n) is 34.0.